The van der Waals surface area contributed by atoms with Crippen LogP contribution in [0.3, 0.4) is 0 Å². The first-order chi connectivity index (χ1) is 13.3. The third kappa shape index (κ3) is 4.90. The topological polar surface area (TPSA) is 64.9 Å². The summed E-state index contributed by atoms with van der Waals surface area (Å²) in [4.78, 5) is 12.8. The number of rotatable bonds is 7. The molecule has 1 saturated carbocycles. The molecule has 0 heterocycles. The van der Waals surface area contributed by atoms with Crippen LogP contribution >= 0.6 is 0 Å². The molecule has 0 aliphatic heterocycles. The van der Waals surface area contributed by atoms with Crippen LogP contribution in [0.2, 0.25) is 0 Å². The van der Waals surface area contributed by atoms with Crippen molar-refractivity contribution in [3.8, 4) is 6.07 Å². The summed E-state index contributed by atoms with van der Waals surface area (Å²) in [6.45, 7) is 0. The number of hydrogen-bond donors (Lipinski definition) is 2. The molecule has 2 N–H and O–H groups in total. The zero-order chi connectivity index (χ0) is 20.2. The van der Waals surface area contributed by atoms with Gasteiger partial charge in [0.15, 0.2) is 0 Å². The molecule has 2 aromatic rings. The van der Waals surface area contributed by atoms with E-state index in [0.717, 1.165) is 5.56 Å². The van der Waals surface area contributed by atoms with Gasteiger partial charge in [-0.2, -0.15) is 18.4 Å². The van der Waals surface area contributed by atoms with Gasteiger partial charge in [0.05, 0.1) is 12.1 Å². The highest BCUT2D eigenvalue weighted by molar-refractivity contribution is 5.83. The van der Waals surface area contributed by atoms with Crippen molar-refractivity contribution < 1.29 is 18.0 Å². The van der Waals surface area contributed by atoms with Gasteiger partial charge >= 0.3 is 6.18 Å². The fourth-order valence-electron chi connectivity index (χ4n) is 3.02. The van der Waals surface area contributed by atoms with Gasteiger partial charge in [-0.1, -0.05) is 60.7 Å². The molecular formula is C21H20F3N3O. The summed E-state index contributed by atoms with van der Waals surface area (Å²) in [6, 6.07) is 15.2. The van der Waals surface area contributed by atoms with Gasteiger partial charge in [0, 0.05) is 0 Å². The minimum atomic E-state index is -4.58. The number of carbonyl (C=O) groups excluding carboxylic acids is 1. The van der Waals surface area contributed by atoms with Gasteiger partial charge < -0.3 is 5.32 Å². The maximum atomic E-state index is 13.7. The molecule has 0 bridgehead atoms. The minimum Gasteiger partial charge on any atom is -0.336 e. The van der Waals surface area contributed by atoms with Gasteiger partial charge in [-0.05, 0) is 30.4 Å². The van der Waals surface area contributed by atoms with Gasteiger partial charge in [-0.3, -0.25) is 10.1 Å². The van der Waals surface area contributed by atoms with Gasteiger partial charge in [-0.15, -0.1) is 0 Å². The summed E-state index contributed by atoms with van der Waals surface area (Å²) in [5.41, 5.74) is -0.193. The van der Waals surface area contributed by atoms with E-state index in [1.54, 1.807) is 36.4 Å². The number of halogens is 3. The lowest BCUT2D eigenvalue weighted by molar-refractivity contribution is -0.160. The maximum absolute atomic E-state index is 13.7. The molecule has 3 rings (SSSR count). The molecule has 0 saturated heterocycles. The summed E-state index contributed by atoms with van der Waals surface area (Å²) < 4.78 is 41.2. The van der Waals surface area contributed by atoms with E-state index in [4.69, 9.17) is 0 Å². The Bertz CT molecular complexity index is 843. The monoisotopic (exact) mass is 387 g/mol. The summed E-state index contributed by atoms with van der Waals surface area (Å²) in [6.07, 6.45) is -3.49. The number of nitrogens with zero attached hydrogens (tertiary/aromatic N) is 1. The minimum absolute atomic E-state index is 0.0299. The van der Waals surface area contributed by atoms with Gasteiger partial charge in [0.25, 0.3) is 0 Å². The second kappa shape index (κ2) is 8.03. The van der Waals surface area contributed by atoms with E-state index in [1.165, 1.54) is 24.3 Å². The van der Waals surface area contributed by atoms with E-state index >= 15 is 0 Å². The van der Waals surface area contributed by atoms with Crippen molar-refractivity contribution in [1.29, 1.82) is 5.26 Å². The number of nitrogens with one attached hydrogen (secondary N) is 2. The smallest absolute Gasteiger partial charge is 0.336 e. The van der Waals surface area contributed by atoms with Crippen LogP contribution in [0.5, 0.6) is 0 Å². The zero-order valence-electron chi connectivity index (χ0n) is 15.0. The van der Waals surface area contributed by atoms with Crippen LogP contribution in [0.25, 0.3) is 0 Å². The molecule has 1 aliphatic rings. The number of nitriles is 1. The van der Waals surface area contributed by atoms with E-state index in [-0.39, 0.29) is 12.0 Å². The number of amides is 1. The van der Waals surface area contributed by atoms with Crippen LogP contribution in [-0.4, -0.2) is 23.7 Å². The lowest BCUT2D eigenvalue weighted by atomic mass is 10.0. The Morgan fingerprint density at radius 3 is 2.14 bits per heavy atom. The predicted molar refractivity (Wildman–Crippen MR) is 98.0 cm³/mol. The van der Waals surface area contributed by atoms with Crippen LogP contribution in [0, 0.1) is 11.3 Å². The predicted octanol–water partition coefficient (Wildman–Crippen LogP) is 3.66. The lowest BCUT2D eigenvalue weighted by Gasteiger charge is -2.28. The Kier molecular flexibility index (Phi) is 5.71. The molecular weight excluding hydrogens is 367 g/mol. The van der Waals surface area contributed by atoms with Crippen LogP contribution in [-0.2, 0) is 11.2 Å². The zero-order valence-corrected chi connectivity index (χ0v) is 15.0. The fraction of sp³-hybridized carbons (Fsp3) is 0.333. The Hall–Kier alpha value is -2.85. The van der Waals surface area contributed by atoms with Crippen molar-refractivity contribution >= 4 is 5.91 Å². The average Bonchev–Trinajstić information content (AvgIpc) is 3.45. The van der Waals surface area contributed by atoms with Crippen LogP contribution in [0.15, 0.2) is 60.7 Å². The molecule has 0 radical (unpaired) electrons. The number of carbonyl (C=O) groups is 1. The van der Waals surface area contributed by atoms with Gasteiger partial charge in [0.1, 0.15) is 11.6 Å². The number of benzene rings is 2. The Morgan fingerprint density at radius 2 is 1.64 bits per heavy atom. The first kappa shape index (κ1) is 19.9. The fourth-order valence-corrected chi connectivity index (χ4v) is 3.02. The molecule has 28 heavy (non-hydrogen) atoms. The quantitative estimate of drug-likeness (QED) is 0.762. The molecule has 0 aromatic heterocycles. The highest BCUT2D eigenvalue weighted by atomic mass is 19.4. The summed E-state index contributed by atoms with van der Waals surface area (Å²) >= 11 is 0. The highest BCUT2D eigenvalue weighted by Gasteiger charge is 2.47. The van der Waals surface area contributed by atoms with Crippen LogP contribution in [0.1, 0.15) is 30.0 Å². The first-order valence-corrected chi connectivity index (χ1v) is 8.98. The SMILES string of the molecule is N#CC1(NC(=O)C(Cc2ccccc2)NC(c2ccccc2)C(F)(F)F)CC1. The average molecular weight is 387 g/mol. The van der Waals surface area contributed by atoms with E-state index in [1.807, 2.05) is 6.07 Å². The third-order valence-electron chi connectivity index (χ3n) is 4.75. The molecule has 1 aliphatic carbocycles. The molecule has 7 heteroatoms. The van der Waals surface area contributed by atoms with Gasteiger partial charge in [0.2, 0.25) is 5.91 Å². The van der Waals surface area contributed by atoms with Crippen molar-refractivity contribution in [2.24, 2.45) is 0 Å². The number of alkyl halides is 3. The van der Waals surface area contributed by atoms with Gasteiger partial charge in [-0.25, -0.2) is 0 Å². The Labute approximate surface area is 161 Å². The molecule has 2 atom stereocenters. The molecule has 0 spiro atoms. The second-order valence-electron chi connectivity index (χ2n) is 6.98. The maximum Gasteiger partial charge on any atom is 0.407 e. The number of hydrogen-bond acceptors (Lipinski definition) is 3. The molecule has 4 nitrogen and oxygen atoms in total. The summed E-state index contributed by atoms with van der Waals surface area (Å²) in [5.74, 6) is -0.604. The van der Waals surface area contributed by atoms with Crippen molar-refractivity contribution in [3.63, 3.8) is 0 Å². The highest BCUT2D eigenvalue weighted by Crippen LogP contribution is 2.35. The van der Waals surface area contributed by atoms with E-state index in [9.17, 15) is 23.2 Å². The Morgan fingerprint density at radius 1 is 1.07 bits per heavy atom. The second-order valence-corrected chi connectivity index (χ2v) is 6.98. The van der Waals surface area contributed by atoms with Crippen molar-refractivity contribution in [1.82, 2.24) is 10.6 Å². The largest absolute Gasteiger partial charge is 0.407 e. The lowest BCUT2D eigenvalue weighted by Crippen LogP contribution is -2.52. The van der Waals surface area contributed by atoms with E-state index < -0.39 is 29.7 Å². The standard InChI is InChI=1S/C21H20F3N3O/c22-21(23,24)18(16-9-5-2-6-10-16)26-17(13-15-7-3-1-4-8-15)19(28)27-20(14-25)11-12-20/h1-10,17-18,26H,11-13H2,(H,27,28). The third-order valence-corrected chi connectivity index (χ3v) is 4.75. The molecule has 1 amide bonds. The Balaban J connectivity index is 1.86. The summed E-state index contributed by atoms with van der Waals surface area (Å²) in [5, 5.41) is 14.3. The normalized spacial score (nSPS) is 17.2. The summed E-state index contributed by atoms with van der Waals surface area (Å²) in [7, 11) is 0. The van der Waals surface area contributed by atoms with Crippen molar-refractivity contribution in [2.75, 3.05) is 0 Å². The molecule has 2 unspecified atom stereocenters. The van der Waals surface area contributed by atoms with Crippen LogP contribution < -0.4 is 10.6 Å². The molecule has 1 fully saturated rings. The van der Waals surface area contributed by atoms with Crippen molar-refractivity contribution in [2.45, 2.75) is 43.1 Å². The van der Waals surface area contributed by atoms with E-state index in [2.05, 4.69) is 10.6 Å². The first-order valence-electron chi connectivity index (χ1n) is 8.98. The van der Waals surface area contributed by atoms with Crippen molar-refractivity contribution in [3.05, 3.63) is 71.8 Å². The van der Waals surface area contributed by atoms with E-state index in [0.29, 0.717) is 12.8 Å². The molecule has 2 aromatic carbocycles. The molecule has 146 valence electrons. The van der Waals surface area contributed by atoms with Crippen LogP contribution in [0.4, 0.5) is 13.2 Å².